The first-order chi connectivity index (χ1) is 10.8. The summed E-state index contributed by atoms with van der Waals surface area (Å²) in [5.74, 6) is 1.84. The fraction of sp³-hybridized carbons (Fsp3) is 0.765. The molecule has 22 heavy (non-hydrogen) atoms. The number of aromatic amines is 1. The molecule has 0 spiro atoms. The van der Waals surface area contributed by atoms with Gasteiger partial charge >= 0.3 is 0 Å². The van der Waals surface area contributed by atoms with Crippen molar-refractivity contribution < 1.29 is 0 Å². The summed E-state index contributed by atoms with van der Waals surface area (Å²) in [6.45, 7) is 5.86. The lowest BCUT2D eigenvalue weighted by Crippen LogP contribution is -2.42. The van der Waals surface area contributed by atoms with E-state index >= 15 is 0 Å². The summed E-state index contributed by atoms with van der Waals surface area (Å²) in [5, 5.41) is 13.7. The van der Waals surface area contributed by atoms with Gasteiger partial charge in [0.25, 0.3) is 0 Å². The van der Waals surface area contributed by atoms with Crippen LogP contribution in [0.4, 0.5) is 0 Å². The number of hydrogen-bond donors (Lipinski definition) is 3. The fourth-order valence-electron chi connectivity index (χ4n) is 3.12. The second kappa shape index (κ2) is 9.49. The van der Waals surface area contributed by atoms with Crippen molar-refractivity contribution in [2.75, 3.05) is 6.54 Å². The number of rotatable bonds is 7. The first kappa shape index (κ1) is 16.8. The van der Waals surface area contributed by atoms with Crippen LogP contribution < -0.4 is 10.6 Å². The summed E-state index contributed by atoms with van der Waals surface area (Å²) in [4.78, 5) is 4.61. The molecule has 0 aliphatic heterocycles. The number of aliphatic imine (C=N–C) groups is 1. The molecule has 1 fully saturated rings. The van der Waals surface area contributed by atoms with Crippen molar-refractivity contribution >= 4 is 5.96 Å². The molecule has 0 amide bonds. The van der Waals surface area contributed by atoms with E-state index in [0.29, 0.717) is 12.6 Å². The molecule has 1 aromatic rings. The zero-order chi connectivity index (χ0) is 15.6. The summed E-state index contributed by atoms with van der Waals surface area (Å²) in [6.07, 6.45) is 11.5. The molecule has 1 atom stereocenters. The Kier molecular flexibility index (Phi) is 7.26. The van der Waals surface area contributed by atoms with Crippen molar-refractivity contribution in [2.45, 2.75) is 71.4 Å². The lowest BCUT2D eigenvalue weighted by Gasteiger charge is -2.24. The van der Waals surface area contributed by atoms with E-state index in [1.807, 2.05) is 6.07 Å². The molecule has 1 aliphatic rings. The van der Waals surface area contributed by atoms with Gasteiger partial charge in [-0.25, -0.2) is 4.99 Å². The molecular formula is C17H31N5. The zero-order valence-corrected chi connectivity index (χ0v) is 14.1. The Balaban J connectivity index is 1.74. The number of nitrogens with zero attached hydrogens (tertiary/aromatic N) is 2. The molecule has 1 aromatic heterocycles. The molecule has 0 bridgehead atoms. The Bertz CT molecular complexity index is 420. The second-order valence-electron chi connectivity index (χ2n) is 6.40. The predicted molar refractivity (Wildman–Crippen MR) is 91.8 cm³/mol. The molecule has 0 aromatic carbocycles. The minimum atomic E-state index is 0.460. The maximum absolute atomic E-state index is 4.61. The number of H-pyrrole nitrogens is 1. The Morgan fingerprint density at radius 3 is 2.91 bits per heavy atom. The molecule has 2 rings (SSSR count). The Hall–Kier alpha value is -1.52. The van der Waals surface area contributed by atoms with Crippen LogP contribution in [0.25, 0.3) is 0 Å². The average molecular weight is 305 g/mol. The molecule has 0 saturated heterocycles. The van der Waals surface area contributed by atoms with E-state index in [-0.39, 0.29) is 0 Å². The van der Waals surface area contributed by atoms with Crippen molar-refractivity contribution in [3.63, 3.8) is 0 Å². The van der Waals surface area contributed by atoms with Gasteiger partial charge in [0.15, 0.2) is 5.96 Å². The van der Waals surface area contributed by atoms with Crippen LogP contribution in [0.2, 0.25) is 0 Å². The quantitative estimate of drug-likeness (QED) is 0.535. The van der Waals surface area contributed by atoms with Gasteiger partial charge in [0.05, 0.1) is 12.2 Å². The number of nitrogens with one attached hydrogen (secondary N) is 3. The standard InChI is InChI=1S/C17H31N5/c1-3-18-17(19-13-16-11-12-20-22-16)21-14(2)9-10-15-7-5-4-6-8-15/h11-12,14-15H,3-10,13H2,1-2H3,(H,20,22)(H2,18,19,21). The zero-order valence-electron chi connectivity index (χ0n) is 14.1. The van der Waals surface area contributed by atoms with Gasteiger partial charge in [-0.1, -0.05) is 32.1 Å². The Labute approximate surface area is 134 Å². The van der Waals surface area contributed by atoms with Crippen LogP contribution in [0.15, 0.2) is 17.3 Å². The van der Waals surface area contributed by atoms with Gasteiger partial charge in [-0.3, -0.25) is 5.10 Å². The summed E-state index contributed by atoms with van der Waals surface area (Å²) >= 11 is 0. The van der Waals surface area contributed by atoms with Gasteiger partial charge in [-0.15, -0.1) is 0 Å². The smallest absolute Gasteiger partial charge is 0.191 e. The largest absolute Gasteiger partial charge is 0.357 e. The van der Waals surface area contributed by atoms with E-state index in [2.05, 4.69) is 39.7 Å². The number of aromatic nitrogens is 2. The molecule has 0 radical (unpaired) electrons. The van der Waals surface area contributed by atoms with Crippen LogP contribution in [0.3, 0.4) is 0 Å². The highest BCUT2D eigenvalue weighted by Crippen LogP contribution is 2.27. The van der Waals surface area contributed by atoms with Crippen LogP contribution in [0, 0.1) is 5.92 Å². The number of guanidine groups is 1. The second-order valence-corrected chi connectivity index (χ2v) is 6.40. The maximum Gasteiger partial charge on any atom is 0.191 e. The van der Waals surface area contributed by atoms with E-state index < -0.39 is 0 Å². The van der Waals surface area contributed by atoms with Crippen molar-refractivity contribution in [3.05, 3.63) is 18.0 Å². The van der Waals surface area contributed by atoms with E-state index in [9.17, 15) is 0 Å². The molecule has 5 nitrogen and oxygen atoms in total. The minimum absolute atomic E-state index is 0.460. The summed E-state index contributed by atoms with van der Waals surface area (Å²) in [5.41, 5.74) is 1.03. The number of hydrogen-bond acceptors (Lipinski definition) is 2. The third kappa shape index (κ3) is 6.08. The molecule has 3 N–H and O–H groups in total. The van der Waals surface area contributed by atoms with Crippen molar-refractivity contribution in [2.24, 2.45) is 10.9 Å². The Morgan fingerprint density at radius 2 is 2.23 bits per heavy atom. The average Bonchev–Trinajstić information content (AvgIpc) is 3.05. The third-order valence-corrected chi connectivity index (χ3v) is 4.43. The van der Waals surface area contributed by atoms with E-state index in [1.54, 1.807) is 6.20 Å². The summed E-state index contributed by atoms with van der Waals surface area (Å²) < 4.78 is 0. The molecule has 1 heterocycles. The lowest BCUT2D eigenvalue weighted by atomic mass is 9.85. The monoisotopic (exact) mass is 305 g/mol. The van der Waals surface area contributed by atoms with Gasteiger partial charge in [-0.2, -0.15) is 5.10 Å². The molecular weight excluding hydrogens is 274 g/mol. The molecule has 5 heteroatoms. The molecule has 124 valence electrons. The first-order valence-electron chi connectivity index (χ1n) is 8.81. The fourth-order valence-corrected chi connectivity index (χ4v) is 3.12. The van der Waals surface area contributed by atoms with Crippen molar-refractivity contribution in [3.8, 4) is 0 Å². The highest BCUT2D eigenvalue weighted by molar-refractivity contribution is 5.79. The molecule has 1 saturated carbocycles. The van der Waals surface area contributed by atoms with Gasteiger partial charge < -0.3 is 10.6 Å². The van der Waals surface area contributed by atoms with Crippen LogP contribution in [0.5, 0.6) is 0 Å². The predicted octanol–water partition coefficient (Wildman–Crippen LogP) is 3.21. The van der Waals surface area contributed by atoms with Crippen LogP contribution in [-0.2, 0) is 6.54 Å². The Morgan fingerprint density at radius 1 is 1.41 bits per heavy atom. The topological polar surface area (TPSA) is 65.1 Å². The van der Waals surface area contributed by atoms with Gasteiger partial charge in [-0.05, 0) is 38.7 Å². The summed E-state index contributed by atoms with van der Waals surface area (Å²) in [6, 6.07) is 2.42. The maximum atomic E-state index is 4.61. The third-order valence-electron chi connectivity index (χ3n) is 4.43. The SMILES string of the molecule is CCNC(=NCc1ccn[nH]1)NC(C)CCC1CCCCC1. The van der Waals surface area contributed by atoms with Gasteiger partial charge in [0.1, 0.15) is 0 Å². The van der Waals surface area contributed by atoms with E-state index in [4.69, 9.17) is 0 Å². The summed E-state index contributed by atoms with van der Waals surface area (Å²) in [7, 11) is 0. The van der Waals surface area contributed by atoms with Crippen LogP contribution in [-0.4, -0.2) is 28.7 Å². The normalized spacial score (nSPS) is 18.2. The highest BCUT2D eigenvalue weighted by Gasteiger charge is 2.15. The van der Waals surface area contributed by atoms with Crippen molar-refractivity contribution in [1.29, 1.82) is 0 Å². The molecule has 1 aliphatic carbocycles. The van der Waals surface area contributed by atoms with Crippen LogP contribution >= 0.6 is 0 Å². The van der Waals surface area contributed by atoms with Gasteiger partial charge in [0, 0.05) is 18.8 Å². The molecule has 1 unspecified atom stereocenters. The van der Waals surface area contributed by atoms with Gasteiger partial charge in [0.2, 0.25) is 0 Å². The minimum Gasteiger partial charge on any atom is -0.357 e. The lowest BCUT2D eigenvalue weighted by molar-refractivity contribution is 0.322. The highest BCUT2D eigenvalue weighted by atomic mass is 15.2. The van der Waals surface area contributed by atoms with Crippen LogP contribution in [0.1, 0.15) is 64.5 Å². The van der Waals surface area contributed by atoms with Crippen molar-refractivity contribution in [1.82, 2.24) is 20.8 Å². The van der Waals surface area contributed by atoms with E-state index in [1.165, 1.54) is 44.9 Å². The first-order valence-corrected chi connectivity index (χ1v) is 8.81. The van der Waals surface area contributed by atoms with E-state index in [0.717, 1.165) is 24.1 Å².